The van der Waals surface area contributed by atoms with Crippen molar-refractivity contribution in [3.8, 4) is 23.3 Å². The predicted octanol–water partition coefficient (Wildman–Crippen LogP) is 3.02. The Hall–Kier alpha value is -2.67. The van der Waals surface area contributed by atoms with E-state index < -0.39 is 0 Å². The van der Waals surface area contributed by atoms with Gasteiger partial charge in [-0.3, -0.25) is 0 Å². The Bertz CT molecular complexity index is 587. The average Bonchev–Trinajstić information content (AvgIpc) is 2.52. The van der Waals surface area contributed by atoms with Gasteiger partial charge in [-0.25, -0.2) is 0 Å². The summed E-state index contributed by atoms with van der Waals surface area (Å²) in [6.07, 6.45) is 0. The van der Waals surface area contributed by atoms with Crippen molar-refractivity contribution < 1.29 is 14.2 Å². The van der Waals surface area contributed by atoms with E-state index in [1.54, 1.807) is 31.4 Å². The van der Waals surface area contributed by atoms with Crippen LogP contribution in [0.1, 0.15) is 5.56 Å². The van der Waals surface area contributed by atoms with Crippen molar-refractivity contribution >= 4 is 0 Å². The van der Waals surface area contributed by atoms with Crippen LogP contribution in [0.4, 0.5) is 0 Å². The maximum Gasteiger partial charge on any atom is 0.123 e. The lowest BCUT2D eigenvalue weighted by atomic mass is 10.2. The van der Waals surface area contributed by atoms with Gasteiger partial charge < -0.3 is 14.2 Å². The highest BCUT2D eigenvalue weighted by Gasteiger charge is 1.98. The summed E-state index contributed by atoms with van der Waals surface area (Å²) in [5.74, 6) is 2.22. The van der Waals surface area contributed by atoms with Crippen LogP contribution in [-0.2, 0) is 0 Å². The average molecular weight is 269 g/mol. The topological polar surface area (TPSA) is 51.5 Å². The molecular weight excluding hydrogens is 254 g/mol. The molecule has 0 spiro atoms. The Morgan fingerprint density at radius 1 is 0.900 bits per heavy atom. The summed E-state index contributed by atoms with van der Waals surface area (Å²) < 4.78 is 16.2. The van der Waals surface area contributed by atoms with Crippen LogP contribution >= 0.6 is 0 Å². The van der Waals surface area contributed by atoms with Gasteiger partial charge in [-0.15, -0.1) is 0 Å². The molecule has 0 unspecified atom stereocenters. The summed E-state index contributed by atoms with van der Waals surface area (Å²) in [7, 11) is 1.62. The van der Waals surface area contributed by atoms with Crippen LogP contribution in [0.2, 0.25) is 0 Å². The fraction of sp³-hybridized carbons (Fsp3) is 0.188. The van der Waals surface area contributed by atoms with E-state index in [1.807, 2.05) is 24.3 Å². The molecule has 0 fully saturated rings. The number of nitrogens with zero attached hydrogens (tertiary/aromatic N) is 1. The third kappa shape index (κ3) is 3.92. The molecular formula is C16H15NO3. The maximum atomic E-state index is 8.69. The molecule has 4 heteroatoms. The highest BCUT2D eigenvalue weighted by molar-refractivity contribution is 5.34. The molecule has 0 amide bonds. The molecule has 0 atom stereocenters. The molecule has 0 saturated carbocycles. The SMILES string of the molecule is COc1cccc(OCCOc2ccc(C#N)cc2)c1. The lowest BCUT2D eigenvalue weighted by Gasteiger charge is -2.09. The van der Waals surface area contributed by atoms with Gasteiger partial charge in [0.25, 0.3) is 0 Å². The number of rotatable bonds is 6. The van der Waals surface area contributed by atoms with Gasteiger partial charge in [-0.2, -0.15) is 5.26 Å². The van der Waals surface area contributed by atoms with Crippen molar-refractivity contribution in [3.63, 3.8) is 0 Å². The molecule has 4 nitrogen and oxygen atoms in total. The zero-order chi connectivity index (χ0) is 14.2. The quantitative estimate of drug-likeness (QED) is 0.756. The molecule has 0 aliphatic carbocycles. The minimum atomic E-state index is 0.434. The van der Waals surface area contributed by atoms with Crippen LogP contribution in [0.5, 0.6) is 17.2 Å². The van der Waals surface area contributed by atoms with Gasteiger partial charge in [0.05, 0.1) is 18.7 Å². The molecule has 20 heavy (non-hydrogen) atoms. The van der Waals surface area contributed by atoms with Crippen molar-refractivity contribution in [3.05, 3.63) is 54.1 Å². The summed E-state index contributed by atoms with van der Waals surface area (Å²) in [5.41, 5.74) is 0.616. The molecule has 0 heterocycles. The molecule has 102 valence electrons. The standard InChI is InChI=1S/C16H15NO3/c1-18-15-3-2-4-16(11-15)20-10-9-19-14-7-5-13(12-17)6-8-14/h2-8,11H,9-10H2,1H3. The zero-order valence-corrected chi connectivity index (χ0v) is 11.2. The van der Waals surface area contributed by atoms with Crippen molar-refractivity contribution in [1.82, 2.24) is 0 Å². The first-order valence-corrected chi connectivity index (χ1v) is 6.21. The summed E-state index contributed by atoms with van der Waals surface area (Å²) in [4.78, 5) is 0. The molecule has 0 aliphatic heterocycles. The second-order valence-electron chi connectivity index (χ2n) is 4.01. The second-order valence-corrected chi connectivity index (χ2v) is 4.01. The fourth-order valence-corrected chi connectivity index (χ4v) is 1.64. The monoisotopic (exact) mass is 269 g/mol. The molecule has 0 N–H and O–H groups in total. The molecule has 0 aromatic heterocycles. The smallest absolute Gasteiger partial charge is 0.123 e. The number of nitriles is 1. The number of ether oxygens (including phenoxy) is 3. The Balaban J connectivity index is 1.77. The van der Waals surface area contributed by atoms with E-state index in [-0.39, 0.29) is 0 Å². The van der Waals surface area contributed by atoms with Gasteiger partial charge in [0.1, 0.15) is 30.5 Å². The predicted molar refractivity (Wildman–Crippen MR) is 75.1 cm³/mol. The molecule has 0 saturated heterocycles. The maximum absolute atomic E-state index is 8.69. The van der Waals surface area contributed by atoms with Crippen LogP contribution in [0, 0.1) is 11.3 Å². The molecule has 2 rings (SSSR count). The van der Waals surface area contributed by atoms with Crippen molar-refractivity contribution in [2.45, 2.75) is 0 Å². The van der Waals surface area contributed by atoms with Gasteiger partial charge >= 0.3 is 0 Å². The summed E-state index contributed by atoms with van der Waals surface area (Å²) in [6.45, 7) is 0.871. The zero-order valence-electron chi connectivity index (χ0n) is 11.2. The number of methoxy groups -OCH3 is 1. The van der Waals surface area contributed by atoms with E-state index in [2.05, 4.69) is 6.07 Å². The van der Waals surface area contributed by atoms with Crippen molar-refractivity contribution in [2.75, 3.05) is 20.3 Å². The highest BCUT2D eigenvalue weighted by Crippen LogP contribution is 2.18. The van der Waals surface area contributed by atoms with E-state index in [1.165, 1.54) is 0 Å². The van der Waals surface area contributed by atoms with Crippen molar-refractivity contribution in [2.24, 2.45) is 0 Å². The number of benzene rings is 2. The van der Waals surface area contributed by atoms with E-state index >= 15 is 0 Å². The Morgan fingerprint density at radius 2 is 1.55 bits per heavy atom. The summed E-state index contributed by atoms with van der Waals surface area (Å²) in [5, 5.41) is 8.69. The molecule has 0 aliphatic rings. The first-order valence-electron chi connectivity index (χ1n) is 6.21. The minimum absolute atomic E-state index is 0.434. The molecule has 2 aromatic carbocycles. The Morgan fingerprint density at radius 3 is 2.20 bits per heavy atom. The van der Waals surface area contributed by atoms with E-state index in [0.717, 1.165) is 17.2 Å². The van der Waals surface area contributed by atoms with Crippen LogP contribution in [0.25, 0.3) is 0 Å². The van der Waals surface area contributed by atoms with Crippen molar-refractivity contribution in [1.29, 1.82) is 5.26 Å². The minimum Gasteiger partial charge on any atom is -0.497 e. The number of hydrogen-bond acceptors (Lipinski definition) is 4. The van der Waals surface area contributed by atoms with Gasteiger partial charge in [-0.05, 0) is 36.4 Å². The van der Waals surface area contributed by atoms with Crippen LogP contribution < -0.4 is 14.2 Å². The number of hydrogen-bond donors (Lipinski definition) is 0. The largest absolute Gasteiger partial charge is 0.497 e. The first kappa shape index (κ1) is 13.8. The third-order valence-corrected chi connectivity index (χ3v) is 2.65. The van der Waals surface area contributed by atoms with Gasteiger partial charge in [-0.1, -0.05) is 6.07 Å². The lowest BCUT2D eigenvalue weighted by molar-refractivity contribution is 0.216. The van der Waals surface area contributed by atoms with Gasteiger partial charge in [0.2, 0.25) is 0 Å². The van der Waals surface area contributed by atoms with Gasteiger partial charge in [0, 0.05) is 6.07 Å². The first-order chi connectivity index (χ1) is 9.81. The fourth-order valence-electron chi connectivity index (χ4n) is 1.64. The van der Waals surface area contributed by atoms with E-state index in [4.69, 9.17) is 19.5 Å². The normalized spacial score (nSPS) is 9.60. The van der Waals surface area contributed by atoms with Crippen LogP contribution in [0.15, 0.2) is 48.5 Å². The van der Waals surface area contributed by atoms with E-state index in [0.29, 0.717) is 18.8 Å². The van der Waals surface area contributed by atoms with Gasteiger partial charge in [0.15, 0.2) is 0 Å². The second kappa shape index (κ2) is 7.05. The summed E-state index contributed by atoms with van der Waals surface area (Å²) in [6, 6.07) is 16.5. The van der Waals surface area contributed by atoms with Crippen LogP contribution in [-0.4, -0.2) is 20.3 Å². The molecule has 0 radical (unpaired) electrons. The highest BCUT2D eigenvalue weighted by atomic mass is 16.5. The Labute approximate surface area is 118 Å². The van der Waals surface area contributed by atoms with Crippen LogP contribution in [0.3, 0.4) is 0 Å². The summed E-state index contributed by atoms with van der Waals surface area (Å²) >= 11 is 0. The molecule has 2 aromatic rings. The third-order valence-electron chi connectivity index (χ3n) is 2.65. The molecule has 0 bridgehead atoms. The van der Waals surface area contributed by atoms with E-state index in [9.17, 15) is 0 Å². The Kier molecular flexibility index (Phi) is 4.85. The lowest BCUT2D eigenvalue weighted by Crippen LogP contribution is -2.08.